The van der Waals surface area contributed by atoms with Crippen molar-refractivity contribution in [3.63, 3.8) is 0 Å². The van der Waals surface area contributed by atoms with Crippen LogP contribution in [0.25, 0.3) is 0 Å². The lowest BCUT2D eigenvalue weighted by atomic mass is 10.1. The van der Waals surface area contributed by atoms with Crippen LogP contribution in [0.4, 0.5) is 13.2 Å². The van der Waals surface area contributed by atoms with E-state index < -0.39 is 24.7 Å². The van der Waals surface area contributed by atoms with Crippen molar-refractivity contribution in [2.24, 2.45) is 0 Å². The number of halogens is 4. The largest absolute Gasteiger partial charge is 0.405 e. The zero-order valence-electron chi connectivity index (χ0n) is 14.1. The number of hydrogen-bond acceptors (Lipinski definition) is 4. The van der Waals surface area contributed by atoms with Gasteiger partial charge in [0.2, 0.25) is 5.91 Å². The van der Waals surface area contributed by atoms with Gasteiger partial charge < -0.3 is 10.6 Å². The Morgan fingerprint density at radius 3 is 2.35 bits per heavy atom. The number of amides is 1. The number of hydrogen-bond donors (Lipinski definition) is 2. The van der Waals surface area contributed by atoms with Crippen molar-refractivity contribution in [1.29, 1.82) is 0 Å². The molecule has 1 aliphatic rings. The number of piperazine rings is 1. The van der Waals surface area contributed by atoms with Crippen molar-refractivity contribution in [3.8, 4) is 0 Å². The highest BCUT2D eigenvalue weighted by Crippen LogP contribution is 2.24. The minimum Gasteiger partial charge on any atom is -0.354 e. The normalized spacial score (nSPS) is 16.9. The molecule has 0 radical (unpaired) electrons. The Morgan fingerprint density at radius 2 is 1.77 bits per heavy atom. The van der Waals surface area contributed by atoms with Crippen LogP contribution in [0.2, 0.25) is 5.02 Å². The van der Waals surface area contributed by atoms with E-state index in [4.69, 9.17) is 11.6 Å². The standard InChI is InChI=1S/C17H21ClF3N3O2/c18-13-3-1-12(2-4-13)14(25)5-6-16(26)23-11-15(17(19,20)21)24-9-7-22-8-10-24/h1-4,15,22H,5-11H2,(H,23,26). The fraction of sp³-hybridized carbons (Fsp3) is 0.529. The van der Waals surface area contributed by atoms with Crippen molar-refractivity contribution >= 4 is 23.3 Å². The Hall–Kier alpha value is -1.64. The van der Waals surface area contributed by atoms with E-state index in [1.54, 1.807) is 24.3 Å². The number of ketones is 1. The summed E-state index contributed by atoms with van der Waals surface area (Å²) in [5.74, 6) is -0.831. The first kappa shape index (κ1) is 20.7. The fourth-order valence-corrected chi connectivity index (χ4v) is 2.88. The lowest BCUT2D eigenvalue weighted by molar-refractivity contribution is -0.184. The van der Waals surface area contributed by atoms with Crippen LogP contribution in [-0.2, 0) is 4.79 Å². The predicted molar refractivity (Wildman–Crippen MR) is 92.3 cm³/mol. The monoisotopic (exact) mass is 391 g/mol. The Bertz CT molecular complexity index is 617. The smallest absolute Gasteiger partial charge is 0.354 e. The van der Waals surface area contributed by atoms with Gasteiger partial charge in [0.25, 0.3) is 0 Å². The summed E-state index contributed by atoms with van der Waals surface area (Å²) < 4.78 is 39.7. The molecule has 0 bridgehead atoms. The summed E-state index contributed by atoms with van der Waals surface area (Å²) in [4.78, 5) is 25.2. The summed E-state index contributed by atoms with van der Waals surface area (Å²) in [6.07, 6.45) is -4.66. The second kappa shape index (κ2) is 9.34. The van der Waals surface area contributed by atoms with Gasteiger partial charge in [0.1, 0.15) is 6.04 Å². The second-order valence-corrected chi connectivity index (χ2v) is 6.51. The number of nitrogens with zero attached hydrogens (tertiary/aromatic N) is 1. The number of alkyl halides is 3. The lowest BCUT2D eigenvalue weighted by Crippen LogP contribution is -2.57. The predicted octanol–water partition coefficient (Wildman–Crippen LogP) is 2.26. The molecule has 1 heterocycles. The van der Waals surface area contributed by atoms with Gasteiger partial charge in [0.15, 0.2) is 5.78 Å². The van der Waals surface area contributed by atoms with E-state index in [0.29, 0.717) is 23.7 Å². The molecule has 0 aromatic heterocycles. The highest BCUT2D eigenvalue weighted by Gasteiger charge is 2.43. The topological polar surface area (TPSA) is 61.4 Å². The first-order valence-electron chi connectivity index (χ1n) is 8.34. The van der Waals surface area contributed by atoms with Crippen molar-refractivity contribution in [1.82, 2.24) is 15.5 Å². The van der Waals surface area contributed by atoms with E-state index in [-0.39, 0.29) is 31.7 Å². The van der Waals surface area contributed by atoms with Gasteiger partial charge in [-0.05, 0) is 24.3 Å². The number of nitrogens with one attached hydrogen (secondary N) is 2. The van der Waals surface area contributed by atoms with Crippen molar-refractivity contribution in [2.75, 3.05) is 32.7 Å². The molecule has 1 unspecified atom stereocenters. The third-order valence-corrected chi connectivity index (χ3v) is 4.46. The van der Waals surface area contributed by atoms with Crippen LogP contribution in [0.5, 0.6) is 0 Å². The summed E-state index contributed by atoms with van der Waals surface area (Å²) in [5.41, 5.74) is 0.413. The second-order valence-electron chi connectivity index (χ2n) is 6.08. The van der Waals surface area contributed by atoms with Crippen LogP contribution in [0.1, 0.15) is 23.2 Å². The maximum absolute atomic E-state index is 13.2. The van der Waals surface area contributed by atoms with Gasteiger partial charge in [-0.3, -0.25) is 14.5 Å². The minimum atomic E-state index is -4.43. The fourth-order valence-electron chi connectivity index (χ4n) is 2.75. The Morgan fingerprint density at radius 1 is 1.15 bits per heavy atom. The molecule has 1 aromatic carbocycles. The number of rotatable bonds is 7. The van der Waals surface area contributed by atoms with Gasteiger partial charge in [-0.1, -0.05) is 11.6 Å². The molecule has 1 aromatic rings. The maximum Gasteiger partial charge on any atom is 0.405 e. The number of benzene rings is 1. The molecule has 9 heteroatoms. The van der Waals surface area contributed by atoms with E-state index in [9.17, 15) is 22.8 Å². The zero-order valence-corrected chi connectivity index (χ0v) is 14.9. The van der Waals surface area contributed by atoms with Crippen LogP contribution in [0.3, 0.4) is 0 Å². The van der Waals surface area contributed by atoms with Crippen LogP contribution in [0.15, 0.2) is 24.3 Å². The molecule has 26 heavy (non-hydrogen) atoms. The molecule has 1 fully saturated rings. The average Bonchev–Trinajstić information content (AvgIpc) is 2.60. The van der Waals surface area contributed by atoms with E-state index in [1.165, 1.54) is 4.90 Å². The van der Waals surface area contributed by atoms with E-state index >= 15 is 0 Å². The molecule has 1 amide bonds. The first-order chi connectivity index (χ1) is 12.3. The number of Topliss-reactive ketones (excluding diaryl/α,β-unsaturated/α-hetero) is 1. The van der Waals surface area contributed by atoms with Crippen LogP contribution in [-0.4, -0.2) is 61.5 Å². The molecule has 1 atom stereocenters. The molecule has 1 aliphatic heterocycles. The van der Waals surface area contributed by atoms with E-state index in [2.05, 4.69) is 10.6 Å². The van der Waals surface area contributed by atoms with Gasteiger partial charge in [-0.25, -0.2) is 0 Å². The summed E-state index contributed by atoms with van der Waals surface area (Å²) in [6.45, 7) is 0.994. The molecule has 2 rings (SSSR count). The molecular weight excluding hydrogens is 371 g/mol. The maximum atomic E-state index is 13.2. The SMILES string of the molecule is O=C(CCC(=O)c1ccc(Cl)cc1)NCC(N1CCNCC1)C(F)(F)F. The third-order valence-electron chi connectivity index (χ3n) is 4.21. The lowest BCUT2D eigenvalue weighted by Gasteiger charge is -2.35. The van der Waals surface area contributed by atoms with Crippen LogP contribution >= 0.6 is 11.6 Å². The summed E-state index contributed by atoms with van der Waals surface area (Å²) in [5, 5.41) is 5.79. The highest BCUT2D eigenvalue weighted by atomic mass is 35.5. The van der Waals surface area contributed by atoms with Crippen molar-refractivity contribution in [2.45, 2.75) is 25.1 Å². The Kier molecular flexibility index (Phi) is 7.43. The van der Waals surface area contributed by atoms with Gasteiger partial charge in [-0.2, -0.15) is 13.2 Å². The molecule has 2 N–H and O–H groups in total. The Labute approximate surface area is 154 Å². The summed E-state index contributed by atoms with van der Waals surface area (Å²) >= 11 is 5.74. The molecule has 5 nitrogen and oxygen atoms in total. The molecule has 0 saturated carbocycles. The average molecular weight is 392 g/mol. The molecule has 1 saturated heterocycles. The number of carbonyl (C=O) groups excluding carboxylic acids is 2. The number of carbonyl (C=O) groups is 2. The third kappa shape index (κ3) is 6.26. The van der Waals surface area contributed by atoms with Crippen molar-refractivity contribution in [3.05, 3.63) is 34.9 Å². The van der Waals surface area contributed by atoms with Gasteiger partial charge in [0.05, 0.1) is 0 Å². The quantitative estimate of drug-likeness (QED) is 0.700. The van der Waals surface area contributed by atoms with Crippen LogP contribution in [0, 0.1) is 0 Å². The molecule has 144 valence electrons. The summed E-state index contributed by atoms with van der Waals surface area (Å²) in [6, 6.07) is 4.51. The van der Waals surface area contributed by atoms with Gasteiger partial charge in [0, 0.05) is 56.2 Å². The molecule has 0 aliphatic carbocycles. The molecule has 0 spiro atoms. The van der Waals surface area contributed by atoms with Gasteiger partial charge >= 0.3 is 6.18 Å². The van der Waals surface area contributed by atoms with E-state index in [0.717, 1.165) is 0 Å². The zero-order chi connectivity index (χ0) is 19.2. The molecular formula is C17H21ClF3N3O2. The van der Waals surface area contributed by atoms with Crippen LogP contribution < -0.4 is 10.6 Å². The van der Waals surface area contributed by atoms with Gasteiger partial charge in [-0.15, -0.1) is 0 Å². The Balaban J connectivity index is 1.82. The first-order valence-corrected chi connectivity index (χ1v) is 8.72. The highest BCUT2D eigenvalue weighted by molar-refractivity contribution is 6.30. The summed E-state index contributed by atoms with van der Waals surface area (Å²) in [7, 11) is 0. The van der Waals surface area contributed by atoms with Crippen molar-refractivity contribution < 1.29 is 22.8 Å². The van der Waals surface area contributed by atoms with E-state index in [1.807, 2.05) is 0 Å². The minimum absolute atomic E-state index is 0.0716.